The maximum atomic E-state index is 12.4. The number of rotatable bonds is 10. The molecule has 156 valence electrons. The molecule has 0 aliphatic rings. The Hall–Kier alpha value is -2.84. The minimum atomic E-state index is -0.525. The summed E-state index contributed by atoms with van der Waals surface area (Å²) in [6, 6.07) is 14.9. The van der Waals surface area contributed by atoms with Gasteiger partial charge in [0.25, 0.3) is 5.91 Å². The predicted molar refractivity (Wildman–Crippen MR) is 118 cm³/mol. The van der Waals surface area contributed by atoms with E-state index in [1.165, 1.54) is 23.1 Å². The van der Waals surface area contributed by atoms with Gasteiger partial charge in [-0.05, 0) is 36.8 Å². The molecule has 1 amide bonds. The number of thiazole rings is 1. The first-order valence-corrected chi connectivity index (χ1v) is 11.3. The lowest BCUT2D eigenvalue weighted by Crippen LogP contribution is -2.32. The number of amides is 1. The van der Waals surface area contributed by atoms with Gasteiger partial charge in [0.1, 0.15) is 12.4 Å². The topological polar surface area (TPSA) is 77.5 Å². The third-order valence-electron chi connectivity index (χ3n) is 3.98. The summed E-state index contributed by atoms with van der Waals surface area (Å²) in [6.07, 6.45) is 0. The van der Waals surface area contributed by atoms with Crippen LogP contribution >= 0.6 is 23.1 Å². The molecule has 0 fully saturated rings. The summed E-state index contributed by atoms with van der Waals surface area (Å²) in [7, 11) is 0. The second-order valence-corrected chi connectivity index (χ2v) is 8.09. The Morgan fingerprint density at radius 1 is 1.17 bits per heavy atom. The van der Waals surface area contributed by atoms with Crippen molar-refractivity contribution in [3.8, 4) is 5.75 Å². The van der Waals surface area contributed by atoms with Crippen LogP contribution in [0, 0.1) is 6.92 Å². The molecule has 1 heterocycles. The lowest BCUT2D eigenvalue weighted by atomic mass is 10.2. The molecule has 30 heavy (non-hydrogen) atoms. The van der Waals surface area contributed by atoms with E-state index in [-0.39, 0.29) is 12.5 Å². The molecule has 0 aliphatic heterocycles. The first kappa shape index (κ1) is 21.9. The number of hydrogen-bond acceptors (Lipinski definition) is 7. The van der Waals surface area contributed by atoms with Crippen molar-refractivity contribution >= 4 is 35.0 Å². The molecule has 8 heteroatoms. The molecular formula is C22H22N2O4S2. The van der Waals surface area contributed by atoms with Gasteiger partial charge in [-0.25, -0.2) is 9.78 Å². The van der Waals surface area contributed by atoms with Gasteiger partial charge in [-0.1, -0.05) is 24.3 Å². The molecule has 0 radical (unpaired) electrons. The van der Waals surface area contributed by atoms with Crippen LogP contribution in [-0.2, 0) is 15.3 Å². The highest BCUT2D eigenvalue weighted by molar-refractivity contribution is 7.98. The van der Waals surface area contributed by atoms with Crippen LogP contribution in [0.15, 0.2) is 64.3 Å². The van der Waals surface area contributed by atoms with E-state index in [9.17, 15) is 9.59 Å². The fourth-order valence-electron chi connectivity index (χ4n) is 2.55. The molecule has 0 saturated carbocycles. The number of aromatic nitrogens is 1. The van der Waals surface area contributed by atoms with Crippen molar-refractivity contribution in [3.05, 3.63) is 76.2 Å². The molecule has 0 spiro atoms. The number of nitrogens with zero attached hydrogens (tertiary/aromatic N) is 1. The summed E-state index contributed by atoms with van der Waals surface area (Å²) in [5.41, 5.74) is 4.28. The first-order valence-electron chi connectivity index (χ1n) is 9.34. The van der Waals surface area contributed by atoms with Gasteiger partial charge in [-0.15, -0.1) is 23.1 Å². The molecular weight excluding hydrogens is 420 g/mol. The highest BCUT2D eigenvalue weighted by Gasteiger charge is 2.15. The van der Waals surface area contributed by atoms with Crippen LogP contribution in [-0.4, -0.2) is 36.6 Å². The van der Waals surface area contributed by atoms with Crippen molar-refractivity contribution in [2.24, 2.45) is 0 Å². The van der Waals surface area contributed by atoms with Crippen LogP contribution in [0.5, 0.6) is 5.75 Å². The minimum absolute atomic E-state index is 0.324. The number of benzene rings is 2. The number of esters is 1. The highest BCUT2D eigenvalue weighted by atomic mass is 32.2. The predicted octanol–water partition coefficient (Wildman–Crippen LogP) is 4.10. The Kier molecular flexibility index (Phi) is 8.29. The molecule has 2 aromatic carbocycles. The van der Waals surface area contributed by atoms with E-state index in [0.717, 1.165) is 21.9 Å². The average Bonchev–Trinajstić information content (AvgIpc) is 3.27. The van der Waals surface area contributed by atoms with Gasteiger partial charge < -0.3 is 14.8 Å². The fourth-order valence-corrected chi connectivity index (χ4v) is 4.15. The standard InChI is InChI=1S/C22H22N2O4S2/c1-16-5-4-6-18(11-16)27-10-9-23-21(25)12-28-22(26)19-7-2-3-8-20(19)30-14-17-13-29-15-24-17/h2-8,11,13,15H,9-10,12,14H2,1H3,(H,23,25). The molecule has 6 nitrogen and oxygen atoms in total. The van der Waals surface area contributed by atoms with Crippen LogP contribution in [0.1, 0.15) is 21.6 Å². The quantitative estimate of drug-likeness (QED) is 0.289. The maximum absolute atomic E-state index is 12.4. The van der Waals surface area contributed by atoms with E-state index >= 15 is 0 Å². The van der Waals surface area contributed by atoms with Crippen LogP contribution in [0.4, 0.5) is 0 Å². The monoisotopic (exact) mass is 442 g/mol. The van der Waals surface area contributed by atoms with Gasteiger partial charge in [-0.2, -0.15) is 0 Å². The smallest absolute Gasteiger partial charge is 0.339 e. The largest absolute Gasteiger partial charge is 0.492 e. The molecule has 3 aromatic rings. The third-order valence-corrected chi connectivity index (χ3v) is 5.73. The van der Waals surface area contributed by atoms with Gasteiger partial charge in [-0.3, -0.25) is 4.79 Å². The number of thioether (sulfide) groups is 1. The van der Waals surface area contributed by atoms with Crippen molar-refractivity contribution in [1.82, 2.24) is 10.3 Å². The van der Waals surface area contributed by atoms with Crippen LogP contribution < -0.4 is 10.1 Å². The summed E-state index contributed by atoms with van der Waals surface area (Å²) in [5.74, 6) is 0.517. The fraction of sp³-hybridized carbons (Fsp3) is 0.227. The highest BCUT2D eigenvalue weighted by Crippen LogP contribution is 2.26. The van der Waals surface area contributed by atoms with E-state index in [4.69, 9.17) is 9.47 Å². The van der Waals surface area contributed by atoms with E-state index < -0.39 is 5.97 Å². The van der Waals surface area contributed by atoms with Crippen molar-refractivity contribution < 1.29 is 19.1 Å². The molecule has 1 aromatic heterocycles. The Labute approximate surface area is 183 Å². The summed E-state index contributed by atoms with van der Waals surface area (Å²) in [6.45, 7) is 2.30. The van der Waals surface area contributed by atoms with Gasteiger partial charge in [0, 0.05) is 16.0 Å². The molecule has 0 unspecified atom stereocenters. The number of hydrogen-bond donors (Lipinski definition) is 1. The molecule has 0 bridgehead atoms. The van der Waals surface area contributed by atoms with E-state index in [2.05, 4.69) is 10.3 Å². The van der Waals surface area contributed by atoms with Crippen LogP contribution in [0.3, 0.4) is 0 Å². The van der Waals surface area contributed by atoms with Crippen LogP contribution in [0.25, 0.3) is 0 Å². The number of nitrogens with one attached hydrogen (secondary N) is 1. The summed E-state index contributed by atoms with van der Waals surface area (Å²) in [4.78, 5) is 29.4. The molecule has 1 N–H and O–H groups in total. The summed E-state index contributed by atoms with van der Waals surface area (Å²) >= 11 is 3.04. The summed E-state index contributed by atoms with van der Waals surface area (Å²) in [5, 5.41) is 4.65. The van der Waals surface area contributed by atoms with E-state index in [0.29, 0.717) is 24.5 Å². The van der Waals surface area contributed by atoms with E-state index in [1.807, 2.05) is 48.7 Å². The zero-order valence-electron chi connectivity index (χ0n) is 16.5. The first-order chi connectivity index (χ1) is 14.6. The van der Waals surface area contributed by atoms with Gasteiger partial charge in [0.2, 0.25) is 0 Å². The Bertz CT molecular complexity index is 977. The van der Waals surface area contributed by atoms with Crippen LogP contribution in [0.2, 0.25) is 0 Å². The number of aryl methyl sites for hydroxylation is 1. The zero-order chi connectivity index (χ0) is 21.2. The molecule has 3 rings (SSSR count). The Balaban J connectivity index is 1.41. The average molecular weight is 443 g/mol. The normalized spacial score (nSPS) is 10.4. The Morgan fingerprint density at radius 3 is 2.83 bits per heavy atom. The van der Waals surface area contributed by atoms with Gasteiger partial charge >= 0.3 is 5.97 Å². The SMILES string of the molecule is Cc1cccc(OCCNC(=O)COC(=O)c2ccccc2SCc2cscn2)c1. The molecule has 0 saturated heterocycles. The third kappa shape index (κ3) is 6.89. The zero-order valence-corrected chi connectivity index (χ0v) is 18.1. The number of ether oxygens (including phenoxy) is 2. The van der Waals surface area contributed by atoms with Gasteiger partial charge in [0.15, 0.2) is 6.61 Å². The van der Waals surface area contributed by atoms with Crippen molar-refractivity contribution in [2.75, 3.05) is 19.8 Å². The van der Waals surface area contributed by atoms with Crippen molar-refractivity contribution in [2.45, 2.75) is 17.6 Å². The maximum Gasteiger partial charge on any atom is 0.339 e. The van der Waals surface area contributed by atoms with Crippen molar-refractivity contribution in [3.63, 3.8) is 0 Å². The lowest BCUT2D eigenvalue weighted by Gasteiger charge is -2.10. The van der Waals surface area contributed by atoms with E-state index in [1.54, 1.807) is 17.6 Å². The molecule has 0 atom stereocenters. The molecule has 0 aliphatic carbocycles. The minimum Gasteiger partial charge on any atom is -0.492 e. The number of carbonyl (C=O) groups is 2. The lowest BCUT2D eigenvalue weighted by molar-refractivity contribution is -0.124. The Morgan fingerprint density at radius 2 is 2.03 bits per heavy atom. The van der Waals surface area contributed by atoms with Crippen molar-refractivity contribution in [1.29, 1.82) is 0 Å². The summed E-state index contributed by atoms with van der Waals surface area (Å²) < 4.78 is 10.8. The second-order valence-electron chi connectivity index (χ2n) is 6.36. The van der Waals surface area contributed by atoms with Gasteiger partial charge in [0.05, 0.1) is 23.3 Å². The second kappa shape index (κ2) is 11.4. The number of carbonyl (C=O) groups excluding carboxylic acids is 2.